The lowest BCUT2D eigenvalue weighted by Crippen LogP contribution is -2.49. The lowest BCUT2D eigenvalue weighted by molar-refractivity contribution is 0.0599. The number of hydrogen-bond donors (Lipinski definition) is 0. The Labute approximate surface area is 229 Å². The van der Waals surface area contributed by atoms with Crippen LogP contribution in [-0.2, 0) is 0 Å². The number of benzene rings is 4. The molecule has 5 nitrogen and oxygen atoms in total. The molecule has 1 aromatic heterocycles. The number of amides is 1. The van der Waals surface area contributed by atoms with E-state index in [-0.39, 0.29) is 11.9 Å². The first-order chi connectivity index (χ1) is 19.2. The summed E-state index contributed by atoms with van der Waals surface area (Å²) in [5.41, 5.74) is 5.80. The molecular weight excluding hydrogens is 482 g/mol. The van der Waals surface area contributed by atoms with Gasteiger partial charge in [-0.15, -0.1) is 0 Å². The number of nitrogens with zero attached hydrogens (tertiary/aromatic N) is 3. The van der Waals surface area contributed by atoms with Crippen LogP contribution in [0.25, 0.3) is 22.2 Å². The maximum atomic E-state index is 14.0. The molecule has 0 spiro atoms. The second kappa shape index (κ2) is 11.1. The molecule has 39 heavy (non-hydrogen) atoms. The molecule has 5 aromatic rings. The highest BCUT2D eigenvalue weighted by Crippen LogP contribution is 2.31. The van der Waals surface area contributed by atoms with Gasteiger partial charge in [0.1, 0.15) is 5.75 Å². The Morgan fingerprint density at radius 3 is 1.95 bits per heavy atom. The van der Waals surface area contributed by atoms with Crippen LogP contribution in [0.15, 0.2) is 115 Å². The Morgan fingerprint density at radius 2 is 1.33 bits per heavy atom. The molecule has 2 heterocycles. The fourth-order valence-corrected chi connectivity index (χ4v) is 5.50. The molecule has 0 atom stereocenters. The molecule has 1 saturated heterocycles. The maximum Gasteiger partial charge on any atom is 0.254 e. The summed E-state index contributed by atoms with van der Waals surface area (Å²) in [6.45, 7) is 2.94. The van der Waals surface area contributed by atoms with E-state index in [2.05, 4.69) is 65.6 Å². The summed E-state index contributed by atoms with van der Waals surface area (Å²) in [4.78, 5) is 23.3. The van der Waals surface area contributed by atoms with Crippen molar-refractivity contribution in [3.63, 3.8) is 0 Å². The lowest BCUT2D eigenvalue weighted by atomic mass is 9.96. The summed E-state index contributed by atoms with van der Waals surface area (Å²) in [7, 11) is 1.65. The van der Waals surface area contributed by atoms with Gasteiger partial charge in [0.15, 0.2) is 0 Å². The largest absolute Gasteiger partial charge is 0.497 e. The third-order valence-electron chi connectivity index (χ3n) is 7.53. The minimum absolute atomic E-state index is 0.0546. The summed E-state index contributed by atoms with van der Waals surface area (Å²) >= 11 is 0. The van der Waals surface area contributed by atoms with Gasteiger partial charge >= 0.3 is 0 Å². The molecule has 1 amide bonds. The molecule has 5 heteroatoms. The first-order valence-electron chi connectivity index (χ1n) is 13.4. The second-order valence-electron chi connectivity index (χ2n) is 9.85. The lowest BCUT2D eigenvalue weighted by Gasteiger charge is -2.40. The number of carbonyl (C=O) groups excluding carboxylic acids is 1. The number of pyridine rings is 1. The second-order valence-corrected chi connectivity index (χ2v) is 9.85. The van der Waals surface area contributed by atoms with Crippen LogP contribution in [0.2, 0.25) is 0 Å². The molecule has 194 valence electrons. The van der Waals surface area contributed by atoms with Crippen molar-refractivity contribution >= 4 is 16.8 Å². The average molecular weight is 514 g/mol. The highest BCUT2D eigenvalue weighted by Gasteiger charge is 2.29. The third-order valence-corrected chi connectivity index (χ3v) is 7.53. The SMILES string of the molecule is COc1ccc(-c2cc(C(=O)N3CCN(C(c4ccccc4)c4ccccc4)CC3)c3ccccc3n2)cc1. The summed E-state index contributed by atoms with van der Waals surface area (Å²) in [5, 5.41) is 0.883. The van der Waals surface area contributed by atoms with E-state index >= 15 is 0 Å². The van der Waals surface area contributed by atoms with E-state index in [0.29, 0.717) is 18.7 Å². The maximum absolute atomic E-state index is 14.0. The molecule has 4 aromatic carbocycles. The van der Waals surface area contributed by atoms with Gasteiger partial charge in [0, 0.05) is 37.1 Å². The molecule has 0 bridgehead atoms. The number of methoxy groups -OCH3 is 1. The van der Waals surface area contributed by atoms with Crippen LogP contribution in [0.5, 0.6) is 5.75 Å². The minimum atomic E-state index is 0.0546. The van der Waals surface area contributed by atoms with Gasteiger partial charge in [-0.1, -0.05) is 78.9 Å². The monoisotopic (exact) mass is 513 g/mol. The first-order valence-corrected chi connectivity index (χ1v) is 13.4. The normalized spacial score (nSPS) is 14.1. The zero-order valence-electron chi connectivity index (χ0n) is 22.0. The Morgan fingerprint density at radius 1 is 0.744 bits per heavy atom. The molecule has 0 saturated carbocycles. The zero-order chi connectivity index (χ0) is 26.6. The smallest absolute Gasteiger partial charge is 0.254 e. The number of hydrogen-bond acceptors (Lipinski definition) is 4. The van der Waals surface area contributed by atoms with Gasteiger partial charge in [0.2, 0.25) is 0 Å². The van der Waals surface area contributed by atoms with Crippen molar-refractivity contribution in [2.45, 2.75) is 6.04 Å². The van der Waals surface area contributed by atoms with E-state index in [0.717, 1.165) is 41.0 Å². The van der Waals surface area contributed by atoms with Crippen LogP contribution in [0.3, 0.4) is 0 Å². The fourth-order valence-electron chi connectivity index (χ4n) is 5.50. The number of para-hydroxylation sites is 1. The van der Waals surface area contributed by atoms with Crippen molar-refractivity contribution in [2.24, 2.45) is 0 Å². The number of carbonyl (C=O) groups is 1. The van der Waals surface area contributed by atoms with Crippen molar-refractivity contribution in [3.8, 4) is 17.0 Å². The van der Waals surface area contributed by atoms with Crippen LogP contribution in [0.1, 0.15) is 27.5 Å². The predicted molar refractivity (Wildman–Crippen MR) is 156 cm³/mol. The molecule has 0 aliphatic carbocycles. The molecule has 1 aliphatic rings. The Hall–Kier alpha value is -4.48. The number of piperazine rings is 1. The van der Waals surface area contributed by atoms with E-state index in [1.54, 1.807) is 7.11 Å². The summed E-state index contributed by atoms with van der Waals surface area (Å²) in [5.74, 6) is 0.844. The number of fused-ring (bicyclic) bond motifs is 1. The van der Waals surface area contributed by atoms with Crippen molar-refractivity contribution < 1.29 is 9.53 Å². The van der Waals surface area contributed by atoms with Crippen LogP contribution >= 0.6 is 0 Å². The van der Waals surface area contributed by atoms with Crippen LogP contribution in [0.4, 0.5) is 0 Å². The fraction of sp³-hybridized carbons (Fsp3) is 0.176. The van der Waals surface area contributed by atoms with Crippen molar-refractivity contribution in [1.82, 2.24) is 14.8 Å². The van der Waals surface area contributed by atoms with Gasteiger partial charge in [-0.2, -0.15) is 0 Å². The quantitative estimate of drug-likeness (QED) is 0.262. The highest BCUT2D eigenvalue weighted by atomic mass is 16.5. The summed E-state index contributed by atoms with van der Waals surface area (Å²) < 4.78 is 5.31. The summed E-state index contributed by atoms with van der Waals surface area (Å²) in [6, 6.07) is 39.1. The molecule has 1 fully saturated rings. The number of aromatic nitrogens is 1. The molecule has 0 unspecified atom stereocenters. The third kappa shape index (κ3) is 5.14. The minimum Gasteiger partial charge on any atom is -0.497 e. The number of ether oxygens (including phenoxy) is 1. The van der Waals surface area contributed by atoms with Gasteiger partial charge in [-0.05, 0) is 47.5 Å². The Bertz CT molecular complexity index is 1520. The molecular formula is C34H31N3O2. The van der Waals surface area contributed by atoms with E-state index in [1.807, 2.05) is 59.5 Å². The molecule has 0 radical (unpaired) electrons. The van der Waals surface area contributed by atoms with Crippen molar-refractivity contribution in [2.75, 3.05) is 33.3 Å². The van der Waals surface area contributed by atoms with Gasteiger partial charge in [-0.25, -0.2) is 4.98 Å². The van der Waals surface area contributed by atoms with E-state index in [1.165, 1.54) is 11.1 Å². The van der Waals surface area contributed by atoms with Gasteiger partial charge in [0.25, 0.3) is 5.91 Å². The summed E-state index contributed by atoms with van der Waals surface area (Å²) in [6.07, 6.45) is 0. The van der Waals surface area contributed by atoms with Crippen molar-refractivity contribution in [3.05, 3.63) is 132 Å². The van der Waals surface area contributed by atoms with Crippen LogP contribution in [-0.4, -0.2) is 54.0 Å². The Balaban J connectivity index is 1.27. The predicted octanol–water partition coefficient (Wildman–Crippen LogP) is 6.46. The number of rotatable bonds is 6. The topological polar surface area (TPSA) is 45.7 Å². The van der Waals surface area contributed by atoms with Crippen molar-refractivity contribution in [1.29, 1.82) is 0 Å². The zero-order valence-corrected chi connectivity index (χ0v) is 22.0. The van der Waals surface area contributed by atoms with E-state index < -0.39 is 0 Å². The molecule has 1 aliphatic heterocycles. The van der Waals surface area contributed by atoms with Gasteiger partial charge in [-0.3, -0.25) is 9.69 Å². The van der Waals surface area contributed by atoms with Crippen LogP contribution in [0, 0.1) is 0 Å². The molecule has 6 rings (SSSR count). The van der Waals surface area contributed by atoms with Gasteiger partial charge < -0.3 is 9.64 Å². The van der Waals surface area contributed by atoms with Crippen LogP contribution < -0.4 is 4.74 Å². The van der Waals surface area contributed by atoms with E-state index in [9.17, 15) is 4.79 Å². The standard InChI is InChI=1S/C34H31N3O2/c1-39-28-18-16-25(17-19-28)32-24-30(29-14-8-9-15-31(29)35-32)34(38)37-22-20-36(21-23-37)33(26-10-4-2-5-11-26)27-12-6-3-7-13-27/h2-19,24,33H,20-23H2,1H3. The average Bonchev–Trinajstić information content (AvgIpc) is 3.02. The highest BCUT2D eigenvalue weighted by molar-refractivity contribution is 6.07. The molecule has 0 N–H and O–H groups in total. The van der Waals surface area contributed by atoms with Gasteiger partial charge in [0.05, 0.1) is 29.9 Å². The Kier molecular flexibility index (Phi) is 7.07. The van der Waals surface area contributed by atoms with E-state index in [4.69, 9.17) is 9.72 Å². The first kappa shape index (κ1) is 24.8.